The van der Waals surface area contributed by atoms with Gasteiger partial charge in [-0.15, -0.1) is 0 Å². The lowest BCUT2D eigenvalue weighted by molar-refractivity contribution is 0.244. The van der Waals surface area contributed by atoms with Gasteiger partial charge < -0.3 is 9.73 Å². The Balaban J connectivity index is 1.70. The normalized spacial score (nSPS) is 15.3. The van der Waals surface area contributed by atoms with Gasteiger partial charge in [-0.3, -0.25) is 4.90 Å². The second-order valence-electron chi connectivity index (χ2n) is 5.55. The average Bonchev–Trinajstić information content (AvgIpc) is 2.79. The van der Waals surface area contributed by atoms with Crippen LogP contribution in [0.1, 0.15) is 28.2 Å². The van der Waals surface area contributed by atoms with Gasteiger partial charge in [-0.25, -0.2) is 0 Å². The van der Waals surface area contributed by atoms with Crippen molar-refractivity contribution in [3.8, 4) is 0 Å². The minimum Gasteiger partial charge on any atom is -0.465 e. The molecule has 3 rings (SSSR count). The Morgan fingerprint density at radius 3 is 2.85 bits per heavy atom. The van der Waals surface area contributed by atoms with Crippen LogP contribution < -0.4 is 5.32 Å². The topological polar surface area (TPSA) is 28.4 Å². The van der Waals surface area contributed by atoms with Crippen LogP contribution in [0.3, 0.4) is 0 Å². The maximum atomic E-state index is 5.78. The van der Waals surface area contributed by atoms with Gasteiger partial charge in [0.2, 0.25) is 0 Å². The smallest absolute Gasteiger partial charge is 0.118 e. The summed E-state index contributed by atoms with van der Waals surface area (Å²) in [5.41, 5.74) is 4.29. The first-order chi connectivity index (χ1) is 9.76. The van der Waals surface area contributed by atoms with Crippen molar-refractivity contribution >= 4 is 0 Å². The lowest BCUT2D eigenvalue weighted by Crippen LogP contribution is -2.30. The molecule has 20 heavy (non-hydrogen) atoms. The summed E-state index contributed by atoms with van der Waals surface area (Å²) in [7, 11) is 1.94. The van der Waals surface area contributed by atoms with E-state index in [0.717, 1.165) is 44.1 Å². The molecule has 3 nitrogen and oxygen atoms in total. The summed E-state index contributed by atoms with van der Waals surface area (Å²) in [5, 5.41) is 3.13. The molecule has 0 spiro atoms. The quantitative estimate of drug-likeness (QED) is 0.926. The summed E-state index contributed by atoms with van der Waals surface area (Å²) in [5.74, 6) is 2.08. The van der Waals surface area contributed by atoms with Crippen LogP contribution >= 0.6 is 0 Å². The van der Waals surface area contributed by atoms with E-state index in [4.69, 9.17) is 4.42 Å². The van der Waals surface area contributed by atoms with E-state index in [-0.39, 0.29) is 0 Å². The number of rotatable bonds is 4. The minimum atomic E-state index is 0.795. The number of fused-ring (bicyclic) bond motifs is 1. The van der Waals surface area contributed by atoms with Gasteiger partial charge in [0, 0.05) is 25.2 Å². The van der Waals surface area contributed by atoms with E-state index in [1.807, 2.05) is 7.05 Å². The van der Waals surface area contributed by atoms with Gasteiger partial charge in [-0.1, -0.05) is 24.3 Å². The number of furan rings is 1. The number of benzene rings is 1. The molecule has 1 aliphatic rings. The third kappa shape index (κ3) is 2.79. The van der Waals surface area contributed by atoms with E-state index in [2.05, 4.69) is 47.5 Å². The molecule has 0 amide bonds. The SMILES string of the molecule is CNCc1cc(CN2CCc3ccccc3C2)c(C)o1. The van der Waals surface area contributed by atoms with Crippen LogP contribution in [0.5, 0.6) is 0 Å². The van der Waals surface area contributed by atoms with Gasteiger partial charge in [-0.2, -0.15) is 0 Å². The molecule has 0 unspecified atom stereocenters. The van der Waals surface area contributed by atoms with Crippen LogP contribution in [0, 0.1) is 6.92 Å². The van der Waals surface area contributed by atoms with Gasteiger partial charge in [0.15, 0.2) is 0 Å². The van der Waals surface area contributed by atoms with Crippen molar-refractivity contribution in [1.82, 2.24) is 10.2 Å². The maximum Gasteiger partial charge on any atom is 0.118 e. The molecule has 1 aromatic heterocycles. The largest absolute Gasteiger partial charge is 0.465 e. The third-order valence-electron chi connectivity index (χ3n) is 4.03. The molecular weight excluding hydrogens is 248 g/mol. The molecule has 0 radical (unpaired) electrons. The summed E-state index contributed by atoms with van der Waals surface area (Å²) >= 11 is 0. The molecule has 1 aliphatic heterocycles. The van der Waals surface area contributed by atoms with Crippen molar-refractivity contribution in [3.63, 3.8) is 0 Å². The van der Waals surface area contributed by atoms with E-state index in [9.17, 15) is 0 Å². The van der Waals surface area contributed by atoms with Crippen LogP contribution in [0.25, 0.3) is 0 Å². The molecule has 1 aromatic carbocycles. The number of nitrogens with zero attached hydrogens (tertiary/aromatic N) is 1. The molecule has 106 valence electrons. The predicted molar refractivity (Wildman–Crippen MR) is 80.5 cm³/mol. The van der Waals surface area contributed by atoms with E-state index in [0.29, 0.717) is 0 Å². The predicted octanol–water partition coefficient (Wildman–Crippen LogP) is 2.87. The minimum absolute atomic E-state index is 0.795. The zero-order valence-electron chi connectivity index (χ0n) is 12.3. The molecule has 0 bridgehead atoms. The first-order valence-electron chi connectivity index (χ1n) is 7.28. The fraction of sp³-hybridized carbons (Fsp3) is 0.412. The number of aryl methyl sites for hydroxylation is 1. The van der Waals surface area contributed by atoms with Crippen LogP contribution in [0.4, 0.5) is 0 Å². The zero-order chi connectivity index (χ0) is 13.9. The van der Waals surface area contributed by atoms with Gasteiger partial charge in [-0.05, 0) is 37.6 Å². The summed E-state index contributed by atoms with van der Waals surface area (Å²) in [6.07, 6.45) is 1.15. The monoisotopic (exact) mass is 270 g/mol. The van der Waals surface area contributed by atoms with Crippen molar-refractivity contribution in [1.29, 1.82) is 0 Å². The molecule has 2 heterocycles. The first-order valence-corrected chi connectivity index (χ1v) is 7.28. The van der Waals surface area contributed by atoms with Crippen LogP contribution in [0.15, 0.2) is 34.7 Å². The van der Waals surface area contributed by atoms with Crippen molar-refractivity contribution in [2.75, 3.05) is 13.6 Å². The van der Waals surface area contributed by atoms with Crippen molar-refractivity contribution in [3.05, 3.63) is 58.5 Å². The Hall–Kier alpha value is -1.58. The Bertz CT molecular complexity index is 588. The average molecular weight is 270 g/mol. The molecule has 0 aliphatic carbocycles. The lowest BCUT2D eigenvalue weighted by Gasteiger charge is -2.28. The molecule has 0 atom stereocenters. The first kappa shape index (κ1) is 13.4. The molecule has 0 saturated heterocycles. The molecule has 0 saturated carbocycles. The third-order valence-corrected chi connectivity index (χ3v) is 4.03. The summed E-state index contributed by atoms with van der Waals surface area (Å²) < 4.78 is 5.78. The lowest BCUT2D eigenvalue weighted by atomic mass is 9.99. The van der Waals surface area contributed by atoms with E-state index in [1.165, 1.54) is 16.7 Å². The molecule has 3 heteroatoms. The standard InChI is InChI=1S/C17H22N2O/c1-13-16(9-17(20-13)10-18-2)12-19-8-7-14-5-3-4-6-15(14)11-19/h3-6,9,18H,7-8,10-12H2,1-2H3. The second kappa shape index (κ2) is 5.81. The van der Waals surface area contributed by atoms with Crippen LogP contribution in [-0.4, -0.2) is 18.5 Å². The van der Waals surface area contributed by atoms with E-state index < -0.39 is 0 Å². The molecular formula is C17H22N2O. The highest BCUT2D eigenvalue weighted by Gasteiger charge is 2.17. The molecule has 2 aromatic rings. The maximum absolute atomic E-state index is 5.78. The second-order valence-corrected chi connectivity index (χ2v) is 5.55. The van der Waals surface area contributed by atoms with Gasteiger partial charge >= 0.3 is 0 Å². The molecule has 1 N–H and O–H groups in total. The summed E-state index contributed by atoms with van der Waals surface area (Å²) in [6.45, 7) is 6.01. The highest BCUT2D eigenvalue weighted by atomic mass is 16.3. The Morgan fingerprint density at radius 2 is 2.05 bits per heavy atom. The van der Waals surface area contributed by atoms with Crippen LogP contribution in [-0.2, 0) is 26.1 Å². The van der Waals surface area contributed by atoms with E-state index >= 15 is 0 Å². The van der Waals surface area contributed by atoms with Crippen molar-refractivity contribution < 1.29 is 4.42 Å². The highest BCUT2D eigenvalue weighted by Crippen LogP contribution is 2.22. The summed E-state index contributed by atoms with van der Waals surface area (Å²) in [4.78, 5) is 2.50. The summed E-state index contributed by atoms with van der Waals surface area (Å²) in [6, 6.07) is 11.0. The molecule has 0 fully saturated rings. The van der Waals surface area contributed by atoms with Crippen molar-refractivity contribution in [2.45, 2.75) is 33.0 Å². The number of hydrogen-bond acceptors (Lipinski definition) is 3. The highest BCUT2D eigenvalue weighted by molar-refractivity contribution is 5.29. The van der Waals surface area contributed by atoms with Gasteiger partial charge in [0.25, 0.3) is 0 Å². The number of hydrogen-bond donors (Lipinski definition) is 1. The Labute approximate surface area is 120 Å². The van der Waals surface area contributed by atoms with Gasteiger partial charge in [0.05, 0.1) is 6.54 Å². The number of nitrogens with one attached hydrogen (secondary N) is 1. The van der Waals surface area contributed by atoms with Gasteiger partial charge in [0.1, 0.15) is 11.5 Å². The van der Waals surface area contributed by atoms with Crippen molar-refractivity contribution in [2.24, 2.45) is 0 Å². The fourth-order valence-corrected chi connectivity index (χ4v) is 2.94. The Kier molecular flexibility index (Phi) is 3.90. The zero-order valence-corrected chi connectivity index (χ0v) is 12.3. The van der Waals surface area contributed by atoms with Crippen LogP contribution in [0.2, 0.25) is 0 Å². The fourth-order valence-electron chi connectivity index (χ4n) is 2.94. The van der Waals surface area contributed by atoms with E-state index in [1.54, 1.807) is 0 Å². The Morgan fingerprint density at radius 1 is 1.25 bits per heavy atom.